The fourth-order valence-electron chi connectivity index (χ4n) is 2.04. The average Bonchev–Trinajstić information content (AvgIpc) is 2.26. The molecular weight excluding hydrogens is 228 g/mol. The van der Waals surface area contributed by atoms with Crippen molar-refractivity contribution < 1.29 is 9.90 Å². The zero-order valence-corrected chi connectivity index (χ0v) is 12.2. The van der Waals surface area contributed by atoms with Crippen LogP contribution in [0.1, 0.15) is 59.8 Å². The van der Waals surface area contributed by atoms with Crippen LogP contribution in [-0.4, -0.2) is 34.7 Å². The summed E-state index contributed by atoms with van der Waals surface area (Å²) >= 11 is 0. The molecule has 0 heterocycles. The molecule has 1 amide bonds. The summed E-state index contributed by atoms with van der Waals surface area (Å²) in [6.45, 7) is 7.56. The Bertz CT molecular complexity index is 276. The molecular formula is C14H28N2O2. The van der Waals surface area contributed by atoms with E-state index in [0.717, 1.165) is 12.8 Å². The van der Waals surface area contributed by atoms with Crippen LogP contribution >= 0.6 is 0 Å². The Balaban J connectivity index is 2.32. The van der Waals surface area contributed by atoms with Gasteiger partial charge in [0.15, 0.2) is 0 Å². The van der Waals surface area contributed by atoms with Gasteiger partial charge in [-0.2, -0.15) is 0 Å². The molecule has 0 bridgehead atoms. The van der Waals surface area contributed by atoms with Gasteiger partial charge >= 0.3 is 0 Å². The number of hydrogen-bond donors (Lipinski definition) is 3. The van der Waals surface area contributed by atoms with E-state index in [1.807, 2.05) is 13.8 Å². The second-order valence-electron chi connectivity index (χ2n) is 6.44. The van der Waals surface area contributed by atoms with E-state index in [0.29, 0.717) is 6.04 Å². The molecule has 106 valence electrons. The number of hydrogen-bond acceptors (Lipinski definition) is 3. The van der Waals surface area contributed by atoms with E-state index in [9.17, 15) is 9.90 Å². The molecule has 0 radical (unpaired) electrons. The minimum atomic E-state index is -0.863. The van der Waals surface area contributed by atoms with Gasteiger partial charge in [0.25, 0.3) is 0 Å². The standard InChI is InChI=1S/C14H28N2O2/c1-13(2,14(3,4)18)15-10-12(17)16-11-8-6-5-7-9-11/h11,15,18H,5-10H2,1-4H3,(H,16,17). The first-order chi connectivity index (χ1) is 8.22. The second-order valence-corrected chi connectivity index (χ2v) is 6.44. The number of carbonyl (C=O) groups excluding carboxylic acids is 1. The Morgan fingerprint density at radius 1 is 1.17 bits per heavy atom. The topological polar surface area (TPSA) is 61.4 Å². The normalized spacial score (nSPS) is 18.7. The van der Waals surface area contributed by atoms with Gasteiger partial charge < -0.3 is 15.7 Å². The zero-order chi connectivity index (χ0) is 13.8. The highest BCUT2D eigenvalue weighted by Gasteiger charge is 2.34. The molecule has 0 aliphatic heterocycles. The number of rotatable bonds is 5. The molecule has 0 aromatic rings. The molecule has 0 unspecified atom stereocenters. The summed E-state index contributed by atoms with van der Waals surface area (Å²) in [5.74, 6) is 0.0271. The lowest BCUT2D eigenvalue weighted by molar-refractivity contribution is -0.122. The molecule has 4 heteroatoms. The van der Waals surface area contributed by atoms with Gasteiger partial charge in [-0.3, -0.25) is 4.79 Å². The van der Waals surface area contributed by atoms with Crippen molar-refractivity contribution in [1.29, 1.82) is 0 Å². The van der Waals surface area contributed by atoms with Crippen molar-refractivity contribution in [3.8, 4) is 0 Å². The van der Waals surface area contributed by atoms with E-state index in [1.54, 1.807) is 13.8 Å². The summed E-state index contributed by atoms with van der Waals surface area (Å²) in [7, 11) is 0. The highest BCUT2D eigenvalue weighted by Crippen LogP contribution is 2.20. The van der Waals surface area contributed by atoms with Gasteiger partial charge in [0.05, 0.1) is 12.1 Å². The molecule has 1 saturated carbocycles. The van der Waals surface area contributed by atoms with Crippen LogP contribution in [0.2, 0.25) is 0 Å². The Hall–Kier alpha value is -0.610. The quantitative estimate of drug-likeness (QED) is 0.700. The van der Waals surface area contributed by atoms with Crippen molar-refractivity contribution in [2.24, 2.45) is 0 Å². The Morgan fingerprint density at radius 2 is 1.72 bits per heavy atom. The SMILES string of the molecule is CC(C)(O)C(C)(C)NCC(=O)NC1CCCCC1. The fraction of sp³-hybridized carbons (Fsp3) is 0.929. The van der Waals surface area contributed by atoms with Gasteiger partial charge in [0.1, 0.15) is 0 Å². The molecule has 0 aromatic carbocycles. The van der Waals surface area contributed by atoms with Gasteiger partial charge in [0, 0.05) is 11.6 Å². The first-order valence-electron chi connectivity index (χ1n) is 6.99. The predicted octanol–water partition coefficient (Wildman–Crippen LogP) is 1.57. The van der Waals surface area contributed by atoms with Crippen LogP contribution in [0.15, 0.2) is 0 Å². The Kier molecular flexibility index (Phi) is 5.17. The molecule has 4 nitrogen and oxygen atoms in total. The maximum Gasteiger partial charge on any atom is 0.234 e. The van der Waals surface area contributed by atoms with E-state index in [4.69, 9.17) is 0 Å². The third-order valence-corrected chi connectivity index (χ3v) is 4.19. The summed E-state index contributed by atoms with van der Waals surface area (Å²) in [6, 6.07) is 0.346. The molecule has 3 N–H and O–H groups in total. The molecule has 0 atom stereocenters. The van der Waals surface area contributed by atoms with E-state index >= 15 is 0 Å². The monoisotopic (exact) mass is 256 g/mol. The van der Waals surface area contributed by atoms with Crippen molar-refractivity contribution in [2.75, 3.05) is 6.54 Å². The van der Waals surface area contributed by atoms with Gasteiger partial charge in [-0.05, 0) is 40.5 Å². The third kappa shape index (κ3) is 4.58. The summed E-state index contributed by atoms with van der Waals surface area (Å²) in [5.41, 5.74) is -1.35. The first kappa shape index (κ1) is 15.4. The molecule has 1 aliphatic carbocycles. The van der Waals surface area contributed by atoms with Crippen molar-refractivity contribution in [2.45, 2.75) is 77.0 Å². The minimum absolute atomic E-state index is 0.0271. The molecule has 1 rings (SSSR count). The summed E-state index contributed by atoms with van der Waals surface area (Å²) < 4.78 is 0. The van der Waals surface area contributed by atoms with Crippen molar-refractivity contribution >= 4 is 5.91 Å². The number of nitrogens with one attached hydrogen (secondary N) is 2. The lowest BCUT2D eigenvalue weighted by Gasteiger charge is -2.38. The van der Waals surface area contributed by atoms with Gasteiger partial charge in [0.2, 0.25) is 5.91 Å². The number of carbonyl (C=O) groups is 1. The summed E-state index contributed by atoms with van der Waals surface area (Å²) in [6.07, 6.45) is 5.92. The maximum atomic E-state index is 11.8. The maximum absolute atomic E-state index is 11.8. The van der Waals surface area contributed by atoms with Crippen LogP contribution in [-0.2, 0) is 4.79 Å². The Labute approximate surface area is 111 Å². The first-order valence-corrected chi connectivity index (χ1v) is 6.99. The van der Waals surface area contributed by atoms with Crippen molar-refractivity contribution in [3.05, 3.63) is 0 Å². The fourth-order valence-corrected chi connectivity index (χ4v) is 2.04. The zero-order valence-electron chi connectivity index (χ0n) is 12.2. The van der Waals surface area contributed by atoms with E-state index < -0.39 is 11.1 Å². The van der Waals surface area contributed by atoms with Crippen LogP contribution in [0.3, 0.4) is 0 Å². The molecule has 1 aliphatic rings. The Morgan fingerprint density at radius 3 is 2.22 bits per heavy atom. The summed E-state index contributed by atoms with van der Waals surface area (Å²) in [5, 5.41) is 16.2. The van der Waals surface area contributed by atoms with Crippen LogP contribution in [0, 0.1) is 0 Å². The smallest absolute Gasteiger partial charge is 0.234 e. The number of amides is 1. The minimum Gasteiger partial charge on any atom is -0.389 e. The van der Waals surface area contributed by atoms with Gasteiger partial charge in [-0.1, -0.05) is 19.3 Å². The average molecular weight is 256 g/mol. The predicted molar refractivity (Wildman–Crippen MR) is 73.4 cm³/mol. The van der Waals surface area contributed by atoms with Crippen LogP contribution < -0.4 is 10.6 Å². The van der Waals surface area contributed by atoms with Gasteiger partial charge in [-0.15, -0.1) is 0 Å². The van der Waals surface area contributed by atoms with E-state index in [1.165, 1.54) is 19.3 Å². The van der Waals surface area contributed by atoms with E-state index in [-0.39, 0.29) is 12.5 Å². The highest BCUT2D eigenvalue weighted by atomic mass is 16.3. The van der Waals surface area contributed by atoms with E-state index in [2.05, 4.69) is 10.6 Å². The molecule has 18 heavy (non-hydrogen) atoms. The van der Waals surface area contributed by atoms with Crippen LogP contribution in [0.4, 0.5) is 0 Å². The largest absolute Gasteiger partial charge is 0.389 e. The van der Waals surface area contributed by atoms with Gasteiger partial charge in [-0.25, -0.2) is 0 Å². The summed E-state index contributed by atoms with van der Waals surface area (Å²) in [4.78, 5) is 11.8. The van der Waals surface area contributed by atoms with Crippen LogP contribution in [0.5, 0.6) is 0 Å². The number of aliphatic hydroxyl groups is 1. The van der Waals surface area contributed by atoms with Crippen LogP contribution in [0.25, 0.3) is 0 Å². The molecule has 0 saturated heterocycles. The second kappa shape index (κ2) is 6.02. The van der Waals surface area contributed by atoms with Crippen molar-refractivity contribution in [1.82, 2.24) is 10.6 Å². The third-order valence-electron chi connectivity index (χ3n) is 4.19. The highest BCUT2D eigenvalue weighted by molar-refractivity contribution is 5.78. The lowest BCUT2D eigenvalue weighted by atomic mass is 9.86. The molecule has 0 aromatic heterocycles. The lowest BCUT2D eigenvalue weighted by Crippen LogP contribution is -2.58. The molecule has 1 fully saturated rings. The van der Waals surface area contributed by atoms with Crippen molar-refractivity contribution in [3.63, 3.8) is 0 Å². The molecule has 0 spiro atoms.